The number of hydrogen-bond donors (Lipinski definition) is 1. The predicted molar refractivity (Wildman–Crippen MR) is 67.1 cm³/mol. The van der Waals surface area contributed by atoms with Crippen molar-refractivity contribution in [3.8, 4) is 0 Å². The maximum Gasteiger partial charge on any atom is 0.175 e. The number of hydrogen-bond acceptors (Lipinski definition) is 4. The largest absolute Gasteiger partial charge is 0.382 e. The highest BCUT2D eigenvalue weighted by Crippen LogP contribution is 2.58. The van der Waals surface area contributed by atoms with Crippen LogP contribution in [-0.4, -0.2) is 28.1 Å². The van der Waals surface area contributed by atoms with Crippen molar-refractivity contribution in [1.29, 1.82) is 0 Å². The number of rotatable bonds is 0. The molecule has 0 aromatic rings. The first kappa shape index (κ1) is 12.5. The molecule has 5 atom stereocenters. The Kier molecular flexibility index (Phi) is 2.17. The van der Waals surface area contributed by atoms with Crippen molar-refractivity contribution in [3.63, 3.8) is 0 Å². The zero-order valence-corrected chi connectivity index (χ0v) is 11.1. The number of ketones is 3. The van der Waals surface area contributed by atoms with Crippen LogP contribution in [-0.2, 0) is 14.4 Å². The molecule has 0 radical (unpaired) electrons. The number of carbonyl (C=O) groups excluding carboxylic acids is 3. The third-order valence-corrected chi connectivity index (χ3v) is 4.98. The van der Waals surface area contributed by atoms with Gasteiger partial charge in [-0.25, -0.2) is 0 Å². The first-order chi connectivity index (χ1) is 8.71. The normalized spacial score (nSPS) is 48.3. The van der Waals surface area contributed by atoms with E-state index in [0.29, 0.717) is 0 Å². The number of aliphatic hydroxyl groups is 1. The molecule has 0 saturated heterocycles. The van der Waals surface area contributed by atoms with E-state index >= 15 is 0 Å². The summed E-state index contributed by atoms with van der Waals surface area (Å²) in [7, 11) is 0. The van der Waals surface area contributed by atoms with Gasteiger partial charge in [-0.15, -0.1) is 0 Å². The van der Waals surface area contributed by atoms with E-state index in [1.807, 2.05) is 6.92 Å². The summed E-state index contributed by atoms with van der Waals surface area (Å²) in [4.78, 5) is 36.8. The van der Waals surface area contributed by atoms with Crippen molar-refractivity contribution in [3.05, 3.63) is 23.8 Å². The third-order valence-electron chi connectivity index (χ3n) is 4.98. The van der Waals surface area contributed by atoms with Gasteiger partial charge in [0, 0.05) is 17.8 Å². The van der Waals surface area contributed by atoms with Gasteiger partial charge in [-0.1, -0.05) is 11.6 Å². The van der Waals surface area contributed by atoms with E-state index in [9.17, 15) is 19.5 Å². The molecule has 19 heavy (non-hydrogen) atoms. The summed E-state index contributed by atoms with van der Waals surface area (Å²) in [6.45, 7) is 4.93. The molecule has 2 bridgehead atoms. The summed E-state index contributed by atoms with van der Waals surface area (Å²) in [6, 6.07) is 0. The lowest BCUT2D eigenvalue weighted by Gasteiger charge is -2.57. The Morgan fingerprint density at radius 2 is 1.63 bits per heavy atom. The zero-order valence-electron chi connectivity index (χ0n) is 11.1. The van der Waals surface area contributed by atoms with Gasteiger partial charge in [-0.2, -0.15) is 0 Å². The molecular formula is C15H16O4. The molecule has 0 aromatic carbocycles. The van der Waals surface area contributed by atoms with Crippen molar-refractivity contribution in [2.24, 2.45) is 23.2 Å². The second-order valence-electron chi connectivity index (χ2n) is 6.27. The highest BCUT2D eigenvalue weighted by molar-refractivity contribution is 6.13. The van der Waals surface area contributed by atoms with Gasteiger partial charge in [0.1, 0.15) is 5.60 Å². The van der Waals surface area contributed by atoms with Gasteiger partial charge < -0.3 is 5.11 Å². The summed E-state index contributed by atoms with van der Waals surface area (Å²) in [5.74, 6) is -2.57. The topological polar surface area (TPSA) is 71.4 Å². The monoisotopic (exact) mass is 260 g/mol. The molecule has 0 aliphatic heterocycles. The summed E-state index contributed by atoms with van der Waals surface area (Å²) in [6.07, 6.45) is 4.31. The highest BCUT2D eigenvalue weighted by atomic mass is 16.3. The molecule has 5 unspecified atom stereocenters. The van der Waals surface area contributed by atoms with Crippen LogP contribution in [0.4, 0.5) is 0 Å². The summed E-state index contributed by atoms with van der Waals surface area (Å²) in [5.41, 5.74) is -1.83. The van der Waals surface area contributed by atoms with Crippen LogP contribution in [0.25, 0.3) is 0 Å². The fourth-order valence-corrected chi connectivity index (χ4v) is 4.37. The van der Waals surface area contributed by atoms with E-state index in [0.717, 1.165) is 5.57 Å². The maximum atomic E-state index is 12.5. The molecule has 4 aliphatic rings. The van der Waals surface area contributed by atoms with E-state index in [1.165, 1.54) is 19.1 Å². The van der Waals surface area contributed by atoms with Crippen LogP contribution >= 0.6 is 0 Å². The Balaban J connectivity index is 2.30. The average Bonchev–Trinajstić information content (AvgIpc) is 2.30. The lowest BCUT2D eigenvalue weighted by molar-refractivity contribution is -0.174. The Bertz CT molecular complexity index is 581. The summed E-state index contributed by atoms with van der Waals surface area (Å²) >= 11 is 0. The molecule has 0 amide bonds. The van der Waals surface area contributed by atoms with Crippen molar-refractivity contribution in [2.75, 3.05) is 0 Å². The van der Waals surface area contributed by atoms with E-state index in [-0.39, 0.29) is 17.3 Å². The molecule has 1 N–H and O–H groups in total. The SMILES string of the molecule is CC1=CC2(C)C(=O)C(C)(O)C1C1C(=O)C=CC(=O)C12. The molecule has 1 saturated carbocycles. The molecule has 0 spiro atoms. The molecule has 0 aromatic heterocycles. The molecule has 100 valence electrons. The lowest BCUT2D eigenvalue weighted by atomic mass is 9.45. The smallest absolute Gasteiger partial charge is 0.175 e. The zero-order chi connectivity index (χ0) is 14.2. The van der Waals surface area contributed by atoms with Crippen LogP contribution in [0.2, 0.25) is 0 Å². The van der Waals surface area contributed by atoms with Crippen molar-refractivity contribution < 1.29 is 19.5 Å². The van der Waals surface area contributed by atoms with Crippen LogP contribution in [0.3, 0.4) is 0 Å². The quantitative estimate of drug-likeness (QED) is 0.655. The number of Topliss-reactive ketones (excluding diaryl/α,β-unsaturated/α-hetero) is 1. The summed E-state index contributed by atoms with van der Waals surface area (Å²) in [5, 5.41) is 10.5. The lowest BCUT2D eigenvalue weighted by Crippen LogP contribution is -2.68. The highest BCUT2D eigenvalue weighted by Gasteiger charge is 2.67. The minimum absolute atomic E-state index is 0.166. The molecule has 1 fully saturated rings. The maximum absolute atomic E-state index is 12.5. The Labute approximate surface area is 111 Å². The van der Waals surface area contributed by atoms with Gasteiger partial charge in [0.05, 0.1) is 5.41 Å². The first-order valence-corrected chi connectivity index (χ1v) is 6.43. The molecule has 4 aliphatic carbocycles. The van der Waals surface area contributed by atoms with Gasteiger partial charge in [0.15, 0.2) is 17.3 Å². The van der Waals surface area contributed by atoms with Crippen LogP contribution in [0.5, 0.6) is 0 Å². The van der Waals surface area contributed by atoms with Crippen molar-refractivity contribution >= 4 is 17.3 Å². The molecular weight excluding hydrogens is 244 g/mol. The van der Waals surface area contributed by atoms with E-state index in [1.54, 1.807) is 13.0 Å². The first-order valence-electron chi connectivity index (χ1n) is 6.43. The number of fused-ring (bicyclic) bond motifs is 1. The second kappa shape index (κ2) is 3.31. The predicted octanol–water partition coefficient (Wildman–Crippen LogP) is 0.843. The van der Waals surface area contributed by atoms with E-state index in [4.69, 9.17) is 0 Å². The second-order valence-corrected chi connectivity index (χ2v) is 6.27. The average molecular weight is 260 g/mol. The minimum Gasteiger partial charge on any atom is -0.382 e. The third kappa shape index (κ3) is 1.25. The molecule has 4 heteroatoms. The molecule has 4 nitrogen and oxygen atoms in total. The fraction of sp³-hybridized carbons (Fsp3) is 0.533. The van der Waals surface area contributed by atoms with Gasteiger partial charge in [-0.3, -0.25) is 14.4 Å². The number of allylic oxidation sites excluding steroid dienone is 3. The summed E-state index contributed by atoms with van der Waals surface area (Å²) < 4.78 is 0. The Hall–Kier alpha value is -1.55. The standard InChI is InChI=1S/C15H16O4/c1-7-6-14(2)12-9(17)5-4-8(16)10(12)11(7)15(3,19)13(14)18/h4-6,10-12,19H,1-3H3. The Morgan fingerprint density at radius 3 is 2.26 bits per heavy atom. The van der Waals surface area contributed by atoms with Crippen LogP contribution < -0.4 is 0 Å². The minimum atomic E-state index is -1.57. The van der Waals surface area contributed by atoms with Crippen molar-refractivity contribution in [1.82, 2.24) is 0 Å². The van der Waals surface area contributed by atoms with Crippen LogP contribution in [0.1, 0.15) is 20.8 Å². The number of carbonyl (C=O) groups is 3. The van der Waals surface area contributed by atoms with Gasteiger partial charge in [0.2, 0.25) is 0 Å². The van der Waals surface area contributed by atoms with Crippen molar-refractivity contribution in [2.45, 2.75) is 26.4 Å². The fourth-order valence-electron chi connectivity index (χ4n) is 4.37. The van der Waals surface area contributed by atoms with Crippen LogP contribution in [0, 0.1) is 23.2 Å². The van der Waals surface area contributed by atoms with E-state index < -0.39 is 28.8 Å². The van der Waals surface area contributed by atoms with E-state index in [2.05, 4.69) is 0 Å². The van der Waals surface area contributed by atoms with Gasteiger partial charge >= 0.3 is 0 Å². The Morgan fingerprint density at radius 1 is 1.05 bits per heavy atom. The molecule has 4 rings (SSSR count). The van der Waals surface area contributed by atoms with Crippen LogP contribution in [0.15, 0.2) is 23.8 Å². The van der Waals surface area contributed by atoms with Gasteiger partial charge in [-0.05, 0) is 32.9 Å². The molecule has 0 heterocycles. The van der Waals surface area contributed by atoms with Gasteiger partial charge in [0.25, 0.3) is 0 Å².